The van der Waals surface area contributed by atoms with Crippen molar-refractivity contribution in [3.8, 4) is 11.4 Å². The lowest BCUT2D eigenvalue weighted by Gasteiger charge is -2.08. The molecule has 28 heavy (non-hydrogen) atoms. The third kappa shape index (κ3) is 4.27. The maximum absolute atomic E-state index is 13.9. The highest BCUT2D eigenvalue weighted by atomic mass is 35.5. The maximum atomic E-state index is 13.9. The van der Waals surface area contributed by atoms with Crippen LogP contribution in [0.3, 0.4) is 0 Å². The van der Waals surface area contributed by atoms with Crippen molar-refractivity contribution in [2.75, 3.05) is 7.11 Å². The number of sulfonamides is 1. The van der Waals surface area contributed by atoms with Crippen molar-refractivity contribution in [1.82, 2.24) is 14.3 Å². The molecule has 0 spiro atoms. The molecule has 1 aromatic heterocycles. The van der Waals surface area contributed by atoms with Crippen LogP contribution < -0.4 is 9.46 Å². The van der Waals surface area contributed by atoms with Crippen molar-refractivity contribution in [3.63, 3.8) is 0 Å². The number of rotatable bonds is 5. The molecule has 0 radical (unpaired) electrons. The summed E-state index contributed by atoms with van der Waals surface area (Å²) in [5.41, 5.74) is 0.314. The third-order valence-electron chi connectivity index (χ3n) is 3.62. The van der Waals surface area contributed by atoms with Gasteiger partial charge in [-0.15, -0.1) is 0 Å². The zero-order valence-electron chi connectivity index (χ0n) is 14.2. The number of ether oxygens (including phenoxy) is 1. The van der Waals surface area contributed by atoms with Gasteiger partial charge in [-0.05, 0) is 30.3 Å². The maximum Gasteiger partial charge on any atom is 0.285 e. The summed E-state index contributed by atoms with van der Waals surface area (Å²) in [6.07, 6.45) is 2.57. The van der Waals surface area contributed by atoms with E-state index in [1.807, 2.05) is 0 Å². The monoisotopic (exact) mass is 443 g/mol. The lowest BCUT2D eigenvalue weighted by molar-refractivity contribution is 0.0977. The van der Waals surface area contributed by atoms with Gasteiger partial charge in [0.25, 0.3) is 15.9 Å². The van der Waals surface area contributed by atoms with Crippen LogP contribution in [-0.2, 0) is 10.0 Å². The number of amides is 1. The molecule has 146 valence electrons. The van der Waals surface area contributed by atoms with Crippen LogP contribution in [0.15, 0.2) is 53.8 Å². The normalized spacial score (nSPS) is 11.3. The SMILES string of the molecule is COc1ccc(F)c(S(=O)(=O)NC(=O)c2cn(-c3cc(Cl)cc(Cl)c3)cn2)c1. The van der Waals surface area contributed by atoms with Crippen molar-refractivity contribution >= 4 is 39.1 Å². The van der Waals surface area contributed by atoms with Crippen LogP contribution in [0.4, 0.5) is 4.39 Å². The molecule has 0 saturated heterocycles. The highest BCUT2D eigenvalue weighted by Crippen LogP contribution is 2.23. The number of methoxy groups -OCH3 is 1. The lowest BCUT2D eigenvalue weighted by atomic mass is 10.3. The fraction of sp³-hybridized carbons (Fsp3) is 0.0588. The topological polar surface area (TPSA) is 90.3 Å². The average molecular weight is 444 g/mol. The van der Waals surface area contributed by atoms with E-state index in [9.17, 15) is 17.6 Å². The summed E-state index contributed by atoms with van der Waals surface area (Å²) in [4.78, 5) is 15.5. The van der Waals surface area contributed by atoms with Crippen LogP contribution >= 0.6 is 23.2 Å². The molecule has 0 saturated carbocycles. The molecule has 1 heterocycles. The number of benzene rings is 2. The first kappa shape index (κ1) is 20.1. The molecule has 3 rings (SSSR count). The number of hydrogen-bond donors (Lipinski definition) is 1. The number of hydrogen-bond acceptors (Lipinski definition) is 5. The first-order valence-corrected chi connectivity index (χ1v) is 9.84. The quantitative estimate of drug-likeness (QED) is 0.651. The first-order valence-electron chi connectivity index (χ1n) is 7.61. The van der Waals surface area contributed by atoms with E-state index in [-0.39, 0.29) is 11.4 Å². The molecule has 0 bridgehead atoms. The Morgan fingerprint density at radius 3 is 2.50 bits per heavy atom. The lowest BCUT2D eigenvalue weighted by Crippen LogP contribution is -2.31. The van der Waals surface area contributed by atoms with Gasteiger partial charge in [-0.2, -0.15) is 0 Å². The summed E-state index contributed by atoms with van der Waals surface area (Å²) in [5.74, 6) is -1.94. The summed E-state index contributed by atoms with van der Waals surface area (Å²) in [5, 5.41) is 0.747. The fourth-order valence-electron chi connectivity index (χ4n) is 2.32. The molecule has 0 atom stereocenters. The second kappa shape index (κ2) is 7.78. The van der Waals surface area contributed by atoms with Crippen molar-refractivity contribution < 1.29 is 22.3 Å². The number of imidazole rings is 1. The molecule has 0 aliphatic rings. The highest BCUT2D eigenvalue weighted by Gasteiger charge is 2.24. The molecule has 1 amide bonds. The van der Waals surface area contributed by atoms with Crippen molar-refractivity contribution in [1.29, 1.82) is 0 Å². The third-order valence-corrected chi connectivity index (χ3v) is 5.40. The molecule has 0 aliphatic heterocycles. The highest BCUT2D eigenvalue weighted by molar-refractivity contribution is 7.90. The van der Waals surface area contributed by atoms with Gasteiger partial charge in [0.15, 0.2) is 0 Å². The van der Waals surface area contributed by atoms with E-state index in [0.29, 0.717) is 15.7 Å². The van der Waals surface area contributed by atoms with E-state index in [0.717, 1.165) is 12.1 Å². The van der Waals surface area contributed by atoms with E-state index >= 15 is 0 Å². The first-order chi connectivity index (χ1) is 13.2. The van der Waals surface area contributed by atoms with Crippen LogP contribution in [-0.4, -0.2) is 31.0 Å². The molecule has 0 fully saturated rings. The smallest absolute Gasteiger partial charge is 0.285 e. The fourth-order valence-corrected chi connectivity index (χ4v) is 3.88. The molecule has 1 N–H and O–H groups in total. The summed E-state index contributed by atoms with van der Waals surface area (Å²) in [6, 6.07) is 7.85. The molecule has 7 nitrogen and oxygen atoms in total. The Kier molecular flexibility index (Phi) is 5.59. The van der Waals surface area contributed by atoms with Crippen molar-refractivity contribution in [2.45, 2.75) is 4.90 Å². The summed E-state index contributed by atoms with van der Waals surface area (Å²) < 4.78 is 46.8. The van der Waals surface area contributed by atoms with Crippen LogP contribution in [0.1, 0.15) is 10.5 Å². The Morgan fingerprint density at radius 2 is 1.86 bits per heavy atom. The minimum absolute atomic E-state index is 0.122. The van der Waals surface area contributed by atoms with Gasteiger partial charge >= 0.3 is 0 Å². The second-order valence-electron chi connectivity index (χ2n) is 5.52. The molecular formula is C17H12Cl2FN3O4S. The molecular weight excluding hydrogens is 432 g/mol. The van der Waals surface area contributed by atoms with Crippen LogP contribution in [0.5, 0.6) is 5.75 Å². The van der Waals surface area contributed by atoms with Gasteiger partial charge in [0.1, 0.15) is 28.5 Å². The molecule has 11 heteroatoms. The Labute approximate surface area is 169 Å². The zero-order valence-corrected chi connectivity index (χ0v) is 16.5. The van der Waals surface area contributed by atoms with Gasteiger partial charge < -0.3 is 9.30 Å². The second-order valence-corrected chi connectivity index (χ2v) is 8.05. The number of nitrogens with one attached hydrogen (secondary N) is 1. The summed E-state index contributed by atoms with van der Waals surface area (Å²) >= 11 is 11.9. The number of halogens is 3. The summed E-state index contributed by atoms with van der Waals surface area (Å²) in [6.45, 7) is 0. The van der Waals surface area contributed by atoms with Gasteiger partial charge in [0, 0.05) is 28.0 Å². The van der Waals surface area contributed by atoms with E-state index < -0.39 is 26.6 Å². The van der Waals surface area contributed by atoms with Gasteiger partial charge in [-0.25, -0.2) is 22.5 Å². The van der Waals surface area contributed by atoms with E-state index in [4.69, 9.17) is 27.9 Å². The van der Waals surface area contributed by atoms with Gasteiger partial charge in [-0.1, -0.05) is 23.2 Å². The van der Waals surface area contributed by atoms with Crippen molar-refractivity contribution in [3.05, 3.63) is 70.5 Å². The largest absolute Gasteiger partial charge is 0.497 e. The van der Waals surface area contributed by atoms with Crippen LogP contribution in [0, 0.1) is 5.82 Å². The predicted octanol–water partition coefficient (Wildman–Crippen LogP) is 3.45. The minimum atomic E-state index is -4.49. The molecule has 0 unspecified atom stereocenters. The Bertz CT molecular complexity index is 1140. The predicted molar refractivity (Wildman–Crippen MR) is 101 cm³/mol. The zero-order chi connectivity index (χ0) is 20.5. The van der Waals surface area contributed by atoms with E-state index in [2.05, 4.69) is 4.98 Å². The Hall–Kier alpha value is -2.62. The van der Waals surface area contributed by atoms with Crippen LogP contribution in [0.25, 0.3) is 5.69 Å². The van der Waals surface area contributed by atoms with Gasteiger partial charge in [-0.3, -0.25) is 4.79 Å². The van der Waals surface area contributed by atoms with Crippen molar-refractivity contribution in [2.24, 2.45) is 0 Å². The van der Waals surface area contributed by atoms with Gasteiger partial charge in [0.2, 0.25) is 0 Å². The van der Waals surface area contributed by atoms with E-state index in [1.54, 1.807) is 16.9 Å². The molecule has 3 aromatic rings. The summed E-state index contributed by atoms with van der Waals surface area (Å²) in [7, 11) is -3.18. The van der Waals surface area contributed by atoms with E-state index in [1.165, 1.54) is 36.3 Å². The Morgan fingerprint density at radius 1 is 1.18 bits per heavy atom. The average Bonchev–Trinajstić information content (AvgIpc) is 3.11. The molecule has 0 aliphatic carbocycles. The number of carbonyl (C=O) groups excluding carboxylic acids is 1. The number of aromatic nitrogens is 2. The Balaban J connectivity index is 1.86. The molecule has 2 aromatic carbocycles. The number of carbonyl (C=O) groups is 1. The number of nitrogens with zero attached hydrogens (tertiary/aromatic N) is 2. The van der Waals surface area contributed by atoms with Crippen LogP contribution in [0.2, 0.25) is 10.0 Å². The minimum Gasteiger partial charge on any atom is -0.497 e. The van der Waals surface area contributed by atoms with Gasteiger partial charge in [0.05, 0.1) is 7.11 Å². The standard InChI is InChI=1S/C17H12Cl2FN3O4S/c1-27-13-2-3-14(20)16(7-13)28(25,26)22-17(24)15-8-23(9-21-15)12-5-10(18)4-11(19)6-12/h2-9H,1H3,(H,22,24).